The average Bonchev–Trinajstić information content (AvgIpc) is 2.73. The van der Waals surface area contributed by atoms with Gasteiger partial charge in [0.15, 0.2) is 0 Å². The fraction of sp³-hybridized carbons (Fsp3) is 0.400. The van der Waals surface area contributed by atoms with Gasteiger partial charge in [0.1, 0.15) is 0 Å². The molecule has 1 saturated heterocycles. The van der Waals surface area contributed by atoms with Crippen molar-refractivity contribution in [3.8, 4) is 0 Å². The molecule has 4 rings (SSSR count). The average molecular weight is 365 g/mol. The van der Waals surface area contributed by atoms with Gasteiger partial charge in [-0.05, 0) is 24.5 Å². The Morgan fingerprint density at radius 3 is 2.30 bits per heavy atom. The molecule has 2 amide bonds. The number of nitrogens with zero attached hydrogens (tertiary/aromatic N) is 5. The number of aryl methyl sites for hydroxylation is 1. The highest BCUT2D eigenvalue weighted by Gasteiger charge is 2.24. The molecular formula is C20H23N5O2. The summed E-state index contributed by atoms with van der Waals surface area (Å²) in [5, 5.41) is 0. The Kier molecular flexibility index (Phi) is 4.75. The highest BCUT2D eigenvalue weighted by Crippen LogP contribution is 2.31. The van der Waals surface area contributed by atoms with Gasteiger partial charge in [0, 0.05) is 57.7 Å². The third-order valence-corrected chi connectivity index (χ3v) is 5.25. The van der Waals surface area contributed by atoms with Crippen LogP contribution in [0.25, 0.3) is 0 Å². The van der Waals surface area contributed by atoms with Gasteiger partial charge < -0.3 is 14.7 Å². The number of fused-ring (bicyclic) bond motifs is 1. The summed E-state index contributed by atoms with van der Waals surface area (Å²) < 4.78 is 0. The fourth-order valence-electron chi connectivity index (χ4n) is 3.72. The third kappa shape index (κ3) is 3.49. The van der Waals surface area contributed by atoms with Crippen molar-refractivity contribution in [1.29, 1.82) is 0 Å². The number of benzene rings is 1. The molecule has 1 aromatic carbocycles. The minimum absolute atomic E-state index is 0.0524. The predicted octanol–water partition coefficient (Wildman–Crippen LogP) is 1.87. The van der Waals surface area contributed by atoms with Gasteiger partial charge in [0.25, 0.3) is 5.91 Å². The summed E-state index contributed by atoms with van der Waals surface area (Å²) in [5.41, 5.74) is 2.93. The molecule has 0 radical (unpaired) electrons. The molecule has 0 bridgehead atoms. The topological polar surface area (TPSA) is 69.6 Å². The summed E-state index contributed by atoms with van der Waals surface area (Å²) in [6.45, 7) is 4.66. The summed E-state index contributed by atoms with van der Waals surface area (Å²) in [6.07, 6.45) is 5.34. The molecule has 0 atom stereocenters. The van der Waals surface area contributed by atoms with Crippen molar-refractivity contribution in [1.82, 2.24) is 19.8 Å². The lowest BCUT2D eigenvalue weighted by Crippen LogP contribution is -2.50. The Balaban J connectivity index is 1.47. The number of amides is 2. The Labute approximate surface area is 158 Å². The molecule has 3 heterocycles. The van der Waals surface area contributed by atoms with Crippen LogP contribution >= 0.6 is 0 Å². The van der Waals surface area contributed by atoms with Crippen molar-refractivity contribution in [3.05, 3.63) is 47.8 Å². The van der Waals surface area contributed by atoms with Gasteiger partial charge in [-0.2, -0.15) is 0 Å². The van der Waals surface area contributed by atoms with E-state index in [4.69, 9.17) is 0 Å². The lowest BCUT2D eigenvalue weighted by molar-refractivity contribution is -0.130. The summed E-state index contributed by atoms with van der Waals surface area (Å²) in [4.78, 5) is 38.7. The van der Waals surface area contributed by atoms with E-state index in [9.17, 15) is 9.59 Å². The van der Waals surface area contributed by atoms with E-state index in [1.165, 1.54) is 5.56 Å². The van der Waals surface area contributed by atoms with Gasteiger partial charge >= 0.3 is 0 Å². The first kappa shape index (κ1) is 17.5. The minimum atomic E-state index is -0.0798. The van der Waals surface area contributed by atoms with Gasteiger partial charge in [-0.25, -0.2) is 9.97 Å². The molecule has 140 valence electrons. The van der Waals surface area contributed by atoms with Crippen molar-refractivity contribution >= 4 is 23.5 Å². The van der Waals surface area contributed by atoms with Gasteiger partial charge in [0.05, 0.1) is 5.56 Å². The molecule has 0 spiro atoms. The first-order valence-corrected chi connectivity index (χ1v) is 9.36. The molecule has 2 aromatic rings. The number of carbonyl (C=O) groups is 2. The Hall–Kier alpha value is -2.96. The number of rotatable bonds is 2. The molecule has 7 heteroatoms. The zero-order valence-corrected chi connectivity index (χ0v) is 15.5. The van der Waals surface area contributed by atoms with E-state index in [2.05, 4.69) is 33.1 Å². The number of carbonyl (C=O) groups excluding carboxylic acids is 2. The van der Waals surface area contributed by atoms with Crippen LogP contribution < -0.4 is 4.90 Å². The quantitative estimate of drug-likeness (QED) is 0.813. The molecule has 2 aliphatic rings. The van der Waals surface area contributed by atoms with Crippen LogP contribution in [-0.2, 0) is 11.2 Å². The Bertz CT molecular complexity index is 844. The molecule has 0 aliphatic carbocycles. The Morgan fingerprint density at radius 1 is 0.926 bits per heavy atom. The molecule has 1 aromatic heterocycles. The van der Waals surface area contributed by atoms with E-state index in [0.717, 1.165) is 25.1 Å². The fourth-order valence-corrected chi connectivity index (χ4v) is 3.72. The highest BCUT2D eigenvalue weighted by atomic mass is 16.2. The molecule has 27 heavy (non-hydrogen) atoms. The van der Waals surface area contributed by atoms with Crippen LogP contribution in [0, 0.1) is 0 Å². The van der Waals surface area contributed by atoms with Gasteiger partial charge in [-0.15, -0.1) is 0 Å². The SMILES string of the molecule is CC(=O)N1CCN(C(=O)c2cnc(N3CCCc4ccccc43)nc2)CC1. The van der Waals surface area contributed by atoms with Crippen molar-refractivity contribution < 1.29 is 9.59 Å². The number of hydrogen-bond acceptors (Lipinski definition) is 5. The van der Waals surface area contributed by atoms with Crippen LogP contribution in [-0.4, -0.2) is 64.3 Å². The number of piperazine rings is 1. The van der Waals surface area contributed by atoms with E-state index < -0.39 is 0 Å². The highest BCUT2D eigenvalue weighted by molar-refractivity contribution is 5.94. The molecule has 1 fully saturated rings. The molecule has 2 aliphatic heterocycles. The number of hydrogen-bond donors (Lipinski definition) is 0. The second-order valence-corrected chi connectivity index (χ2v) is 6.95. The first-order chi connectivity index (χ1) is 13.1. The van der Waals surface area contributed by atoms with Crippen LogP contribution in [0.4, 0.5) is 11.6 Å². The maximum atomic E-state index is 12.7. The third-order valence-electron chi connectivity index (χ3n) is 5.25. The molecular weight excluding hydrogens is 342 g/mol. The van der Waals surface area contributed by atoms with Crippen molar-refractivity contribution in [2.45, 2.75) is 19.8 Å². The number of anilines is 2. The van der Waals surface area contributed by atoms with Crippen molar-refractivity contribution in [2.75, 3.05) is 37.6 Å². The van der Waals surface area contributed by atoms with Crippen LogP contribution in [0.1, 0.15) is 29.3 Å². The largest absolute Gasteiger partial charge is 0.339 e. The second-order valence-electron chi connectivity index (χ2n) is 6.95. The van der Waals surface area contributed by atoms with E-state index in [-0.39, 0.29) is 11.8 Å². The van der Waals surface area contributed by atoms with Crippen LogP contribution in [0.2, 0.25) is 0 Å². The molecule has 0 unspecified atom stereocenters. The van der Waals surface area contributed by atoms with Crippen molar-refractivity contribution in [2.24, 2.45) is 0 Å². The maximum Gasteiger partial charge on any atom is 0.257 e. The first-order valence-electron chi connectivity index (χ1n) is 9.36. The Morgan fingerprint density at radius 2 is 1.59 bits per heavy atom. The lowest BCUT2D eigenvalue weighted by Gasteiger charge is -2.34. The van der Waals surface area contributed by atoms with E-state index in [1.54, 1.807) is 29.1 Å². The van der Waals surface area contributed by atoms with Crippen LogP contribution in [0.5, 0.6) is 0 Å². The molecule has 0 saturated carbocycles. The van der Waals surface area contributed by atoms with E-state index >= 15 is 0 Å². The summed E-state index contributed by atoms with van der Waals surface area (Å²) in [6, 6.07) is 8.30. The predicted molar refractivity (Wildman–Crippen MR) is 102 cm³/mol. The zero-order chi connectivity index (χ0) is 18.8. The number of para-hydroxylation sites is 1. The van der Waals surface area contributed by atoms with Crippen LogP contribution in [0.3, 0.4) is 0 Å². The summed E-state index contributed by atoms with van der Waals surface area (Å²) in [7, 11) is 0. The van der Waals surface area contributed by atoms with Gasteiger partial charge in [0.2, 0.25) is 11.9 Å². The van der Waals surface area contributed by atoms with Gasteiger partial charge in [-0.1, -0.05) is 18.2 Å². The second kappa shape index (κ2) is 7.34. The molecule has 0 N–H and O–H groups in total. The summed E-state index contributed by atoms with van der Waals surface area (Å²) >= 11 is 0. The standard InChI is InChI=1S/C20H23N5O2/c1-15(26)23-9-11-24(12-10-23)19(27)17-13-21-20(22-14-17)25-8-4-6-16-5-2-3-7-18(16)25/h2-3,5,7,13-14H,4,6,8-12H2,1H3. The minimum Gasteiger partial charge on any atom is -0.339 e. The lowest BCUT2D eigenvalue weighted by atomic mass is 10.0. The number of aromatic nitrogens is 2. The van der Waals surface area contributed by atoms with Crippen LogP contribution in [0.15, 0.2) is 36.7 Å². The van der Waals surface area contributed by atoms with E-state index in [1.807, 2.05) is 6.07 Å². The maximum absolute atomic E-state index is 12.7. The normalized spacial score (nSPS) is 16.9. The monoisotopic (exact) mass is 365 g/mol. The summed E-state index contributed by atoms with van der Waals surface area (Å²) in [5.74, 6) is 0.598. The van der Waals surface area contributed by atoms with Gasteiger partial charge in [-0.3, -0.25) is 9.59 Å². The van der Waals surface area contributed by atoms with Crippen molar-refractivity contribution in [3.63, 3.8) is 0 Å². The molecule has 7 nitrogen and oxygen atoms in total. The van der Waals surface area contributed by atoms with E-state index in [0.29, 0.717) is 37.7 Å². The smallest absolute Gasteiger partial charge is 0.257 e. The zero-order valence-electron chi connectivity index (χ0n) is 15.5.